The Morgan fingerprint density at radius 1 is 1.15 bits per heavy atom. The number of ketones is 1. The van der Waals surface area contributed by atoms with E-state index in [-0.39, 0.29) is 34.8 Å². The van der Waals surface area contributed by atoms with Crippen LogP contribution in [-0.4, -0.2) is 39.5 Å². The number of rotatable bonds is 6. The highest BCUT2D eigenvalue weighted by Crippen LogP contribution is 2.27. The average molecular weight is 451 g/mol. The average Bonchev–Trinajstić information content (AvgIpc) is 3.28. The van der Waals surface area contributed by atoms with Crippen LogP contribution in [0.5, 0.6) is 0 Å². The van der Waals surface area contributed by atoms with Gasteiger partial charge in [-0.1, -0.05) is 32.9 Å². The topological polar surface area (TPSA) is 106 Å². The number of nitrogens with one attached hydrogen (secondary N) is 2. The maximum Gasteiger partial charge on any atom is 0.339 e. The van der Waals surface area contributed by atoms with Gasteiger partial charge in [-0.3, -0.25) is 9.59 Å². The van der Waals surface area contributed by atoms with E-state index in [4.69, 9.17) is 9.84 Å². The van der Waals surface area contributed by atoms with E-state index in [0.29, 0.717) is 17.1 Å². The number of hydrogen-bond acceptors (Lipinski definition) is 5. The van der Waals surface area contributed by atoms with Crippen molar-refractivity contribution in [2.75, 3.05) is 12.4 Å². The van der Waals surface area contributed by atoms with Gasteiger partial charge in [0.2, 0.25) is 5.91 Å². The standard InChI is InChI=1S/C25H30N4O4/c1-14-9-8-10-17(11-14)29-20(13-19(28-29)25(4,5)6)27-21(31)12-18-22(24(32)33-7)15(2)23(26-18)16(3)30/h8-11,13,26H,12H2,1-7H3,(H,27,31). The number of anilines is 1. The summed E-state index contributed by atoms with van der Waals surface area (Å²) < 4.78 is 6.57. The molecule has 3 rings (SSSR count). The van der Waals surface area contributed by atoms with Crippen LogP contribution in [0.4, 0.5) is 5.82 Å². The molecule has 0 unspecified atom stereocenters. The minimum atomic E-state index is -0.598. The van der Waals surface area contributed by atoms with Crippen molar-refractivity contribution in [1.29, 1.82) is 0 Å². The summed E-state index contributed by atoms with van der Waals surface area (Å²) in [7, 11) is 1.26. The van der Waals surface area contributed by atoms with Gasteiger partial charge in [-0.05, 0) is 37.1 Å². The molecule has 3 aromatic rings. The van der Waals surface area contributed by atoms with Gasteiger partial charge in [0.1, 0.15) is 5.82 Å². The summed E-state index contributed by atoms with van der Waals surface area (Å²) in [5, 5.41) is 7.64. The minimum absolute atomic E-state index is 0.137. The number of nitrogens with zero attached hydrogens (tertiary/aromatic N) is 2. The molecule has 0 aliphatic carbocycles. The van der Waals surface area contributed by atoms with E-state index in [0.717, 1.165) is 16.9 Å². The largest absolute Gasteiger partial charge is 0.465 e. The zero-order valence-electron chi connectivity index (χ0n) is 20.1. The van der Waals surface area contributed by atoms with E-state index in [2.05, 4.69) is 31.1 Å². The number of carbonyl (C=O) groups excluding carboxylic acids is 3. The molecule has 33 heavy (non-hydrogen) atoms. The fourth-order valence-electron chi connectivity index (χ4n) is 3.66. The lowest BCUT2D eigenvalue weighted by Gasteiger charge is -2.14. The molecule has 0 bridgehead atoms. The lowest BCUT2D eigenvalue weighted by atomic mass is 9.92. The van der Waals surface area contributed by atoms with Crippen molar-refractivity contribution in [1.82, 2.24) is 14.8 Å². The molecule has 174 valence electrons. The highest BCUT2D eigenvalue weighted by molar-refractivity contribution is 6.02. The number of amides is 1. The van der Waals surface area contributed by atoms with Gasteiger partial charge < -0.3 is 15.0 Å². The molecular weight excluding hydrogens is 420 g/mol. The van der Waals surface area contributed by atoms with Gasteiger partial charge in [0.05, 0.1) is 36.2 Å². The molecular formula is C25H30N4O4. The van der Waals surface area contributed by atoms with Gasteiger partial charge in [-0.2, -0.15) is 5.10 Å². The van der Waals surface area contributed by atoms with Gasteiger partial charge in [-0.15, -0.1) is 0 Å². The Balaban J connectivity index is 1.97. The van der Waals surface area contributed by atoms with Crippen LogP contribution in [0.25, 0.3) is 5.69 Å². The number of aromatic amines is 1. The molecule has 0 atom stereocenters. The van der Waals surface area contributed by atoms with Crippen LogP contribution in [0.15, 0.2) is 30.3 Å². The molecule has 2 N–H and O–H groups in total. The van der Waals surface area contributed by atoms with Gasteiger partial charge >= 0.3 is 5.97 Å². The Kier molecular flexibility index (Phi) is 6.58. The van der Waals surface area contributed by atoms with Crippen molar-refractivity contribution < 1.29 is 19.1 Å². The molecule has 0 fully saturated rings. The molecule has 0 saturated heterocycles. The van der Waals surface area contributed by atoms with Crippen LogP contribution in [0.3, 0.4) is 0 Å². The molecule has 1 aromatic carbocycles. The van der Waals surface area contributed by atoms with E-state index < -0.39 is 5.97 Å². The van der Waals surface area contributed by atoms with Crippen molar-refractivity contribution in [2.24, 2.45) is 0 Å². The first-order valence-corrected chi connectivity index (χ1v) is 10.7. The van der Waals surface area contributed by atoms with Gasteiger partial charge in [0.25, 0.3) is 0 Å². The first kappa shape index (κ1) is 24.0. The third-order valence-corrected chi connectivity index (χ3v) is 5.40. The number of hydrogen-bond donors (Lipinski definition) is 2. The number of aryl methyl sites for hydroxylation is 1. The molecule has 0 aliphatic rings. The van der Waals surface area contributed by atoms with Crippen LogP contribution >= 0.6 is 0 Å². The predicted molar refractivity (Wildman–Crippen MR) is 126 cm³/mol. The van der Waals surface area contributed by atoms with Crippen LogP contribution < -0.4 is 5.32 Å². The summed E-state index contributed by atoms with van der Waals surface area (Å²) >= 11 is 0. The molecule has 8 heteroatoms. The van der Waals surface area contributed by atoms with Crippen molar-refractivity contribution in [3.8, 4) is 5.69 Å². The van der Waals surface area contributed by atoms with Crippen LogP contribution in [0, 0.1) is 13.8 Å². The molecule has 2 heterocycles. The van der Waals surface area contributed by atoms with Crippen LogP contribution in [0.2, 0.25) is 0 Å². The second-order valence-electron chi connectivity index (χ2n) is 9.17. The molecule has 0 radical (unpaired) electrons. The van der Waals surface area contributed by atoms with Gasteiger partial charge in [0, 0.05) is 24.1 Å². The van der Waals surface area contributed by atoms with Crippen molar-refractivity contribution in [3.05, 3.63) is 64.1 Å². The molecule has 0 aliphatic heterocycles. The fraction of sp³-hybridized carbons (Fsp3) is 0.360. The minimum Gasteiger partial charge on any atom is -0.465 e. The van der Waals surface area contributed by atoms with E-state index in [1.54, 1.807) is 11.6 Å². The van der Waals surface area contributed by atoms with E-state index in [9.17, 15) is 14.4 Å². The maximum absolute atomic E-state index is 13.0. The van der Waals surface area contributed by atoms with Crippen molar-refractivity contribution in [2.45, 2.75) is 53.4 Å². The van der Waals surface area contributed by atoms with Crippen molar-refractivity contribution in [3.63, 3.8) is 0 Å². The molecule has 8 nitrogen and oxygen atoms in total. The summed E-state index contributed by atoms with van der Waals surface area (Å²) in [6.45, 7) is 11.2. The fourth-order valence-corrected chi connectivity index (χ4v) is 3.66. The highest BCUT2D eigenvalue weighted by Gasteiger charge is 2.26. The maximum atomic E-state index is 13.0. The SMILES string of the molecule is COC(=O)c1c(CC(=O)Nc2cc(C(C)(C)C)nn2-c2cccc(C)c2)[nH]c(C(C)=O)c1C. The first-order chi connectivity index (χ1) is 15.4. The number of ether oxygens (including phenoxy) is 1. The Labute approximate surface area is 193 Å². The number of benzene rings is 1. The Morgan fingerprint density at radius 2 is 1.85 bits per heavy atom. The summed E-state index contributed by atoms with van der Waals surface area (Å²) in [4.78, 5) is 40.2. The summed E-state index contributed by atoms with van der Waals surface area (Å²) in [6.07, 6.45) is -0.137. The van der Waals surface area contributed by atoms with E-state index >= 15 is 0 Å². The van der Waals surface area contributed by atoms with E-state index in [1.807, 2.05) is 37.3 Å². The first-order valence-electron chi connectivity index (χ1n) is 10.7. The number of carbonyl (C=O) groups is 3. The summed E-state index contributed by atoms with van der Waals surface area (Å²) in [6, 6.07) is 9.68. The molecule has 0 saturated carbocycles. The second kappa shape index (κ2) is 9.05. The highest BCUT2D eigenvalue weighted by atomic mass is 16.5. The quantitative estimate of drug-likeness (QED) is 0.431. The molecule has 0 spiro atoms. The third kappa shape index (κ3) is 5.05. The van der Waals surface area contributed by atoms with Gasteiger partial charge in [-0.25, -0.2) is 9.48 Å². The number of methoxy groups -OCH3 is 1. The number of H-pyrrole nitrogens is 1. The Hall–Kier alpha value is -3.68. The number of aromatic nitrogens is 3. The number of Topliss-reactive ketones (excluding diaryl/α,β-unsaturated/α-hetero) is 1. The summed E-state index contributed by atoms with van der Waals surface area (Å²) in [5.74, 6) is -0.661. The second-order valence-corrected chi connectivity index (χ2v) is 9.17. The number of esters is 1. The monoisotopic (exact) mass is 450 g/mol. The van der Waals surface area contributed by atoms with E-state index in [1.165, 1.54) is 14.0 Å². The normalized spacial score (nSPS) is 11.4. The lowest BCUT2D eigenvalue weighted by molar-refractivity contribution is -0.115. The molecule has 2 aromatic heterocycles. The Morgan fingerprint density at radius 3 is 2.42 bits per heavy atom. The molecule has 1 amide bonds. The summed E-state index contributed by atoms with van der Waals surface area (Å²) in [5.41, 5.74) is 3.79. The van der Waals surface area contributed by atoms with Crippen molar-refractivity contribution >= 4 is 23.5 Å². The van der Waals surface area contributed by atoms with Gasteiger partial charge in [0.15, 0.2) is 5.78 Å². The predicted octanol–water partition coefficient (Wildman–Crippen LogP) is 4.29. The Bertz CT molecular complexity index is 1230. The zero-order valence-corrected chi connectivity index (χ0v) is 20.1. The van der Waals surface area contributed by atoms with Crippen LogP contribution in [-0.2, 0) is 21.4 Å². The zero-order chi connectivity index (χ0) is 24.5. The van der Waals surface area contributed by atoms with Crippen LogP contribution in [0.1, 0.15) is 71.1 Å². The third-order valence-electron chi connectivity index (χ3n) is 5.40. The lowest BCUT2D eigenvalue weighted by Crippen LogP contribution is -2.19. The smallest absolute Gasteiger partial charge is 0.339 e.